The number of esters is 1. The number of rotatable bonds is 4. The first-order valence-corrected chi connectivity index (χ1v) is 7.04. The first kappa shape index (κ1) is 15.1. The van der Waals surface area contributed by atoms with E-state index in [0.717, 1.165) is 10.1 Å². The van der Waals surface area contributed by atoms with Gasteiger partial charge in [0.25, 0.3) is 0 Å². The number of aryl methyl sites for hydroxylation is 1. The van der Waals surface area contributed by atoms with Crippen molar-refractivity contribution in [3.05, 3.63) is 65.5 Å². The van der Waals surface area contributed by atoms with Crippen LogP contribution in [0.2, 0.25) is 0 Å². The zero-order valence-electron chi connectivity index (χ0n) is 12.4. The van der Waals surface area contributed by atoms with Crippen molar-refractivity contribution in [2.24, 2.45) is 0 Å². The lowest BCUT2D eigenvalue weighted by Crippen LogP contribution is -2.11. The van der Waals surface area contributed by atoms with Crippen molar-refractivity contribution in [1.82, 2.24) is 9.55 Å². The van der Waals surface area contributed by atoms with E-state index >= 15 is 0 Å². The van der Waals surface area contributed by atoms with Crippen LogP contribution in [0.5, 0.6) is 0 Å². The number of hydrogen-bond donors (Lipinski definition) is 0. The summed E-state index contributed by atoms with van der Waals surface area (Å²) < 4.78 is 32.5. The molecule has 0 N–H and O–H groups in total. The molecule has 1 aromatic heterocycles. The molecule has 0 unspecified atom stereocenters. The number of aromatic nitrogens is 2. The highest BCUT2D eigenvalue weighted by Crippen LogP contribution is 2.23. The lowest BCUT2D eigenvalue weighted by molar-refractivity contribution is 0.0387. The molecule has 0 aliphatic carbocycles. The van der Waals surface area contributed by atoms with E-state index in [9.17, 15) is 13.6 Å². The van der Waals surface area contributed by atoms with E-state index in [1.807, 2.05) is 6.07 Å². The lowest BCUT2D eigenvalue weighted by atomic mass is 10.1. The molecule has 1 heterocycles. The normalized spacial score (nSPS) is 11.1. The standard InChI is InChI=1S/C17H14F2N2O2/c1-11-6-2-3-7-12(11)16(22)23-10-15-20-13-8-4-5-9-14(13)21(15)17(18)19/h2-9,17H,10H2,1H3. The maximum Gasteiger partial charge on any atom is 0.338 e. The molecule has 0 aliphatic heterocycles. The number of carbonyl (C=O) groups is 1. The van der Waals surface area contributed by atoms with Gasteiger partial charge >= 0.3 is 12.5 Å². The molecule has 6 heteroatoms. The molecular weight excluding hydrogens is 302 g/mol. The van der Waals surface area contributed by atoms with Crippen LogP contribution in [0.3, 0.4) is 0 Å². The summed E-state index contributed by atoms with van der Waals surface area (Å²) in [4.78, 5) is 16.2. The summed E-state index contributed by atoms with van der Waals surface area (Å²) in [5.74, 6) is -0.542. The van der Waals surface area contributed by atoms with Gasteiger partial charge in [0.1, 0.15) is 6.61 Å². The number of fused-ring (bicyclic) bond motifs is 1. The summed E-state index contributed by atoms with van der Waals surface area (Å²) in [6.45, 7) is -1.29. The maximum absolute atomic E-state index is 13.3. The molecule has 118 valence electrons. The van der Waals surface area contributed by atoms with Crippen LogP contribution in [0.4, 0.5) is 8.78 Å². The molecule has 0 amide bonds. The summed E-state index contributed by atoms with van der Waals surface area (Å²) in [5, 5.41) is 0. The molecule has 3 aromatic rings. The molecule has 0 bridgehead atoms. The minimum absolute atomic E-state index is 0.0168. The molecular formula is C17H14F2N2O2. The Bertz CT molecular complexity index is 859. The van der Waals surface area contributed by atoms with Crippen LogP contribution < -0.4 is 0 Å². The summed E-state index contributed by atoms with van der Waals surface area (Å²) in [5.41, 5.74) is 1.92. The molecule has 2 aromatic carbocycles. The van der Waals surface area contributed by atoms with Crippen LogP contribution in [0, 0.1) is 6.92 Å². The minimum atomic E-state index is -2.76. The number of halogens is 2. The van der Waals surface area contributed by atoms with Gasteiger partial charge < -0.3 is 4.74 Å². The molecule has 0 spiro atoms. The highest BCUT2D eigenvalue weighted by Gasteiger charge is 2.19. The molecule has 4 nitrogen and oxygen atoms in total. The van der Waals surface area contributed by atoms with Crippen LogP contribution in [0.1, 0.15) is 28.3 Å². The van der Waals surface area contributed by atoms with Gasteiger partial charge in [-0.15, -0.1) is 0 Å². The molecule has 0 saturated heterocycles. The van der Waals surface area contributed by atoms with E-state index in [1.54, 1.807) is 49.4 Å². The van der Waals surface area contributed by atoms with E-state index in [1.165, 1.54) is 0 Å². The molecule has 23 heavy (non-hydrogen) atoms. The van der Waals surface area contributed by atoms with Crippen LogP contribution in [0.15, 0.2) is 48.5 Å². The Morgan fingerprint density at radius 2 is 1.87 bits per heavy atom. The molecule has 3 rings (SSSR count). The predicted molar refractivity (Wildman–Crippen MR) is 81.3 cm³/mol. The topological polar surface area (TPSA) is 44.1 Å². The number of imidazole rings is 1. The highest BCUT2D eigenvalue weighted by molar-refractivity contribution is 5.90. The largest absolute Gasteiger partial charge is 0.454 e. The number of hydrogen-bond acceptors (Lipinski definition) is 3. The van der Waals surface area contributed by atoms with Crippen LogP contribution in [-0.2, 0) is 11.3 Å². The Hall–Kier alpha value is -2.76. The van der Waals surface area contributed by atoms with Gasteiger partial charge in [0.05, 0.1) is 16.6 Å². The third-order valence-corrected chi connectivity index (χ3v) is 3.56. The Morgan fingerprint density at radius 3 is 2.61 bits per heavy atom. The third-order valence-electron chi connectivity index (χ3n) is 3.56. The van der Waals surface area contributed by atoms with E-state index in [0.29, 0.717) is 16.6 Å². The number of benzene rings is 2. The fourth-order valence-corrected chi connectivity index (χ4v) is 2.42. The van der Waals surface area contributed by atoms with Gasteiger partial charge in [0.15, 0.2) is 5.82 Å². The highest BCUT2D eigenvalue weighted by atomic mass is 19.3. The zero-order valence-corrected chi connectivity index (χ0v) is 12.4. The average Bonchev–Trinajstić information content (AvgIpc) is 2.91. The van der Waals surface area contributed by atoms with E-state index in [-0.39, 0.29) is 12.4 Å². The lowest BCUT2D eigenvalue weighted by Gasteiger charge is -2.09. The number of nitrogens with zero attached hydrogens (tertiary/aromatic N) is 2. The number of ether oxygens (including phenoxy) is 1. The van der Waals surface area contributed by atoms with Gasteiger partial charge in [-0.2, -0.15) is 8.78 Å². The summed E-state index contributed by atoms with van der Waals surface area (Å²) in [7, 11) is 0. The second-order valence-electron chi connectivity index (χ2n) is 5.06. The van der Waals surface area contributed by atoms with Crippen molar-refractivity contribution < 1.29 is 18.3 Å². The number of para-hydroxylation sites is 2. The fraction of sp³-hybridized carbons (Fsp3) is 0.176. The summed E-state index contributed by atoms with van der Waals surface area (Å²) in [6, 6.07) is 13.5. The first-order chi connectivity index (χ1) is 11.1. The molecule has 0 fully saturated rings. The molecule has 0 radical (unpaired) electrons. The van der Waals surface area contributed by atoms with E-state index in [4.69, 9.17) is 4.74 Å². The number of alkyl halides is 2. The number of carbonyl (C=O) groups excluding carboxylic acids is 1. The van der Waals surface area contributed by atoms with Gasteiger partial charge in [-0.25, -0.2) is 9.78 Å². The van der Waals surface area contributed by atoms with Crippen molar-refractivity contribution >= 4 is 17.0 Å². The van der Waals surface area contributed by atoms with Gasteiger partial charge in [-0.05, 0) is 30.7 Å². The molecule has 0 aliphatic rings. The van der Waals surface area contributed by atoms with Crippen LogP contribution in [-0.4, -0.2) is 15.5 Å². The van der Waals surface area contributed by atoms with E-state index < -0.39 is 12.5 Å². The Balaban J connectivity index is 1.86. The van der Waals surface area contributed by atoms with Gasteiger partial charge in [-0.1, -0.05) is 30.3 Å². The zero-order chi connectivity index (χ0) is 16.4. The smallest absolute Gasteiger partial charge is 0.338 e. The second-order valence-corrected chi connectivity index (χ2v) is 5.06. The van der Waals surface area contributed by atoms with Gasteiger partial charge in [0, 0.05) is 0 Å². The SMILES string of the molecule is Cc1ccccc1C(=O)OCc1nc2ccccc2n1C(F)F. The van der Waals surface area contributed by atoms with Crippen LogP contribution in [0.25, 0.3) is 11.0 Å². The van der Waals surface area contributed by atoms with Crippen LogP contribution >= 0.6 is 0 Å². The second kappa shape index (κ2) is 6.16. The van der Waals surface area contributed by atoms with Crippen molar-refractivity contribution in [3.8, 4) is 0 Å². The minimum Gasteiger partial charge on any atom is -0.454 e. The molecule has 0 saturated carbocycles. The van der Waals surface area contributed by atoms with Crippen molar-refractivity contribution in [2.45, 2.75) is 20.1 Å². The first-order valence-electron chi connectivity index (χ1n) is 7.04. The summed E-state index contributed by atoms with van der Waals surface area (Å²) in [6.07, 6.45) is 0. The quantitative estimate of drug-likeness (QED) is 0.681. The van der Waals surface area contributed by atoms with Gasteiger partial charge in [-0.3, -0.25) is 4.57 Å². The Labute approximate surface area is 131 Å². The maximum atomic E-state index is 13.3. The monoisotopic (exact) mass is 316 g/mol. The Morgan fingerprint density at radius 1 is 1.17 bits per heavy atom. The summed E-state index contributed by atoms with van der Waals surface area (Å²) >= 11 is 0. The average molecular weight is 316 g/mol. The van der Waals surface area contributed by atoms with Crippen molar-refractivity contribution in [3.63, 3.8) is 0 Å². The predicted octanol–water partition coefficient (Wildman–Crippen LogP) is 4.10. The third kappa shape index (κ3) is 2.92. The van der Waals surface area contributed by atoms with E-state index in [2.05, 4.69) is 4.98 Å². The van der Waals surface area contributed by atoms with Gasteiger partial charge in [0.2, 0.25) is 0 Å². The van der Waals surface area contributed by atoms with Crippen molar-refractivity contribution in [1.29, 1.82) is 0 Å². The van der Waals surface area contributed by atoms with Crippen molar-refractivity contribution in [2.75, 3.05) is 0 Å². The molecule has 0 atom stereocenters. The fourth-order valence-electron chi connectivity index (χ4n) is 2.42. The Kier molecular flexibility index (Phi) is 4.06.